The van der Waals surface area contributed by atoms with Crippen LogP contribution in [0.25, 0.3) is 0 Å². The minimum atomic E-state index is -0.625. The summed E-state index contributed by atoms with van der Waals surface area (Å²) < 4.78 is 29.6. The van der Waals surface area contributed by atoms with Gasteiger partial charge in [-0.2, -0.15) is 5.26 Å². The second-order valence-electron chi connectivity index (χ2n) is 13.2. The Morgan fingerprint density at radius 2 is 1.87 bits per heavy atom. The van der Waals surface area contributed by atoms with Crippen molar-refractivity contribution in [3.05, 3.63) is 59.2 Å². The topological polar surface area (TPSA) is 111 Å². The maximum absolute atomic E-state index is 14.4. The Bertz CT molecular complexity index is 1320. The molecule has 1 heterocycles. The first-order valence-electron chi connectivity index (χ1n) is 16.1. The molecule has 1 aliphatic rings. The molecule has 10 heteroatoms. The van der Waals surface area contributed by atoms with E-state index >= 15 is 0 Å². The summed E-state index contributed by atoms with van der Waals surface area (Å²) in [5.41, 5.74) is 1.07. The molecule has 0 saturated heterocycles. The molecule has 0 aromatic heterocycles. The molecule has 0 aliphatic carbocycles. The van der Waals surface area contributed by atoms with E-state index < -0.39 is 11.7 Å². The van der Waals surface area contributed by atoms with E-state index in [1.54, 1.807) is 37.3 Å². The van der Waals surface area contributed by atoms with Crippen LogP contribution in [0.2, 0.25) is 0 Å². The Hall–Kier alpha value is -3.81. The van der Waals surface area contributed by atoms with Crippen LogP contribution in [0.4, 0.5) is 4.79 Å². The molecule has 0 spiro atoms. The third-order valence-corrected chi connectivity index (χ3v) is 7.86. The highest BCUT2D eigenvalue weighted by molar-refractivity contribution is 5.97. The number of carbonyl (C=O) groups is 2. The molecule has 10 nitrogen and oxygen atoms in total. The van der Waals surface area contributed by atoms with Crippen molar-refractivity contribution < 1.29 is 33.3 Å². The molecular weight excluding hydrogens is 586 g/mol. The van der Waals surface area contributed by atoms with Gasteiger partial charge in [-0.25, -0.2) is 4.79 Å². The summed E-state index contributed by atoms with van der Waals surface area (Å²) >= 11 is 0. The number of hydrogen-bond acceptors (Lipinski definition) is 8. The van der Waals surface area contributed by atoms with Crippen LogP contribution in [-0.2, 0) is 20.8 Å². The van der Waals surface area contributed by atoms with Crippen LogP contribution in [0.3, 0.4) is 0 Å². The number of benzene rings is 2. The smallest absolute Gasteiger partial charge is 0.410 e. The molecule has 2 amide bonds. The van der Waals surface area contributed by atoms with Gasteiger partial charge in [0, 0.05) is 26.1 Å². The SMILES string of the molecule is COc1ccc(COC[C@H](C)N2C[C@@H](C)[C@H](CN(C)C(=O)OC(C)(C)C)OCCCC[C@H](C)Oc3ccc(C#N)cc3C2=O)cc1. The zero-order valence-corrected chi connectivity index (χ0v) is 28.7. The second kappa shape index (κ2) is 17.2. The lowest BCUT2D eigenvalue weighted by atomic mass is 10.0. The van der Waals surface area contributed by atoms with E-state index in [4.69, 9.17) is 23.7 Å². The molecule has 46 heavy (non-hydrogen) atoms. The van der Waals surface area contributed by atoms with Crippen LogP contribution >= 0.6 is 0 Å². The standard InChI is InChI=1S/C36H51N3O7/c1-25-21-39(26(2)23-43-24-28-12-15-30(42-8)16-13-28)34(40)31-19-29(20-37)14-17-32(31)45-27(3)11-9-10-18-44-33(25)22-38(7)35(41)46-36(4,5)6/h12-17,19,25-27,33H,9-11,18,21-24H2,1-8H3/t25-,26+,27+,33+/m1/s1. The van der Waals surface area contributed by atoms with Gasteiger partial charge in [0.25, 0.3) is 5.91 Å². The summed E-state index contributed by atoms with van der Waals surface area (Å²) in [6, 6.07) is 14.5. The third-order valence-electron chi connectivity index (χ3n) is 7.86. The lowest BCUT2D eigenvalue weighted by Crippen LogP contribution is -2.48. The van der Waals surface area contributed by atoms with Gasteiger partial charge >= 0.3 is 6.09 Å². The van der Waals surface area contributed by atoms with Gasteiger partial charge in [0.1, 0.15) is 17.1 Å². The number of likely N-dealkylation sites (N-methyl/N-ethyl adjacent to an activating group) is 1. The lowest BCUT2D eigenvalue weighted by molar-refractivity contribution is -0.0270. The maximum atomic E-state index is 14.4. The Morgan fingerprint density at radius 1 is 1.15 bits per heavy atom. The highest BCUT2D eigenvalue weighted by atomic mass is 16.6. The van der Waals surface area contributed by atoms with Crippen molar-refractivity contribution in [3.8, 4) is 17.6 Å². The average molecular weight is 638 g/mol. The number of nitrogens with zero attached hydrogens (tertiary/aromatic N) is 3. The van der Waals surface area contributed by atoms with E-state index in [9.17, 15) is 14.9 Å². The predicted molar refractivity (Wildman–Crippen MR) is 176 cm³/mol. The maximum Gasteiger partial charge on any atom is 0.410 e. The lowest BCUT2D eigenvalue weighted by Gasteiger charge is -2.36. The second-order valence-corrected chi connectivity index (χ2v) is 13.2. The number of methoxy groups -OCH3 is 1. The number of nitriles is 1. The summed E-state index contributed by atoms with van der Waals surface area (Å²) in [5, 5.41) is 9.66. The molecule has 252 valence electrons. The Labute approximate surface area is 274 Å². The van der Waals surface area contributed by atoms with Gasteiger partial charge in [0.15, 0.2) is 0 Å². The van der Waals surface area contributed by atoms with Crippen LogP contribution < -0.4 is 9.47 Å². The van der Waals surface area contributed by atoms with Crippen LogP contribution in [0, 0.1) is 17.2 Å². The number of hydrogen-bond donors (Lipinski definition) is 0. The van der Waals surface area contributed by atoms with E-state index in [1.807, 2.05) is 65.8 Å². The minimum absolute atomic E-state index is 0.144. The first-order chi connectivity index (χ1) is 21.8. The monoisotopic (exact) mass is 637 g/mol. The number of amides is 2. The van der Waals surface area contributed by atoms with Gasteiger partial charge < -0.3 is 33.5 Å². The van der Waals surface area contributed by atoms with Gasteiger partial charge in [-0.1, -0.05) is 19.1 Å². The first-order valence-corrected chi connectivity index (χ1v) is 16.1. The largest absolute Gasteiger partial charge is 0.497 e. The fourth-order valence-electron chi connectivity index (χ4n) is 5.20. The van der Waals surface area contributed by atoms with Crippen LogP contribution in [-0.4, -0.2) is 86.1 Å². The summed E-state index contributed by atoms with van der Waals surface area (Å²) in [4.78, 5) is 30.6. The summed E-state index contributed by atoms with van der Waals surface area (Å²) in [6.45, 7) is 13.2. The first kappa shape index (κ1) is 36.7. The number of carbonyl (C=O) groups excluding carboxylic acids is 2. The molecule has 0 radical (unpaired) electrons. The normalized spacial score (nSPS) is 20.4. The molecular formula is C36H51N3O7. The fraction of sp³-hybridized carbons (Fsp3) is 0.583. The summed E-state index contributed by atoms with van der Waals surface area (Å²) in [7, 11) is 3.33. The van der Waals surface area contributed by atoms with Gasteiger partial charge in [-0.3, -0.25) is 4.79 Å². The Kier molecular flexibility index (Phi) is 13.7. The molecule has 0 N–H and O–H groups in total. The molecule has 2 aromatic carbocycles. The van der Waals surface area contributed by atoms with E-state index in [-0.39, 0.29) is 36.7 Å². The van der Waals surface area contributed by atoms with Gasteiger partial charge in [0.2, 0.25) is 0 Å². The molecule has 0 bridgehead atoms. The third kappa shape index (κ3) is 11.2. The van der Waals surface area contributed by atoms with Crippen molar-refractivity contribution in [2.75, 3.05) is 40.5 Å². The zero-order chi connectivity index (χ0) is 33.9. The van der Waals surface area contributed by atoms with Crippen molar-refractivity contribution in [1.82, 2.24) is 9.80 Å². The molecule has 0 unspecified atom stereocenters. The van der Waals surface area contributed by atoms with E-state index in [1.165, 1.54) is 4.90 Å². The van der Waals surface area contributed by atoms with Crippen molar-refractivity contribution in [2.24, 2.45) is 5.92 Å². The molecule has 0 saturated carbocycles. The van der Waals surface area contributed by atoms with Crippen LogP contribution in [0.1, 0.15) is 82.3 Å². The number of rotatable bonds is 8. The van der Waals surface area contributed by atoms with Crippen molar-refractivity contribution in [2.45, 2.75) is 91.3 Å². The van der Waals surface area contributed by atoms with Gasteiger partial charge in [-0.05, 0) is 89.8 Å². The molecule has 4 atom stereocenters. The van der Waals surface area contributed by atoms with E-state index in [0.717, 1.165) is 30.6 Å². The van der Waals surface area contributed by atoms with Crippen LogP contribution in [0.15, 0.2) is 42.5 Å². The fourth-order valence-corrected chi connectivity index (χ4v) is 5.20. The molecule has 2 aromatic rings. The molecule has 0 fully saturated rings. The van der Waals surface area contributed by atoms with E-state index in [2.05, 4.69) is 6.07 Å². The number of ether oxygens (including phenoxy) is 5. The van der Waals surface area contributed by atoms with Crippen LogP contribution in [0.5, 0.6) is 11.5 Å². The van der Waals surface area contributed by atoms with E-state index in [0.29, 0.717) is 43.2 Å². The Balaban J connectivity index is 1.91. The average Bonchev–Trinajstić information content (AvgIpc) is 3.01. The summed E-state index contributed by atoms with van der Waals surface area (Å²) in [5.74, 6) is 0.796. The summed E-state index contributed by atoms with van der Waals surface area (Å²) in [6.07, 6.45) is 1.54. The highest BCUT2D eigenvalue weighted by Crippen LogP contribution is 2.27. The van der Waals surface area contributed by atoms with Gasteiger partial charge in [-0.15, -0.1) is 0 Å². The minimum Gasteiger partial charge on any atom is -0.497 e. The van der Waals surface area contributed by atoms with Gasteiger partial charge in [0.05, 0.1) is 62.3 Å². The Morgan fingerprint density at radius 3 is 2.52 bits per heavy atom. The zero-order valence-electron chi connectivity index (χ0n) is 28.7. The van der Waals surface area contributed by atoms with Crippen molar-refractivity contribution in [1.29, 1.82) is 5.26 Å². The highest BCUT2D eigenvalue weighted by Gasteiger charge is 2.32. The van der Waals surface area contributed by atoms with Crippen molar-refractivity contribution >= 4 is 12.0 Å². The quantitative estimate of drug-likeness (QED) is 0.325. The van der Waals surface area contributed by atoms with Crippen molar-refractivity contribution in [3.63, 3.8) is 0 Å². The molecule has 3 rings (SSSR count). The molecule has 1 aliphatic heterocycles. The predicted octanol–water partition coefficient (Wildman–Crippen LogP) is 6.45. The number of fused-ring (bicyclic) bond motifs is 1.